The second kappa shape index (κ2) is 7.44. The van der Waals surface area contributed by atoms with Crippen molar-refractivity contribution in [3.05, 3.63) is 59.4 Å². The molecule has 1 heterocycles. The van der Waals surface area contributed by atoms with Crippen LogP contribution in [0.3, 0.4) is 0 Å². The molecular weight excluding hydrogens is 297 g/mol. The Balaban J connectivity index is 1.83. The maximum Gasteiger partial charge on any atom is 0.174 e. The molecule has 1 aliphatic rings. The van der Waals surface area contributed by atoms with E-state index in [1.54, 1.807) is 12.1 Å². The van der Waals surface area contributed by atoms with Gasteiger partial charge in [-0.05, 0) is 17.7 Å². The monoisotopic (exact) mass is 317 g/mol. The van der Waals surface area contributed by atoms with Gasteiger partial charge >= 0.3 is 0 Å². The van der Waals surface area contributed by atoms with Gasteiger partial charge in [0, 0.05) is 13.1 Å². The van der Waals surface area contributed by atoms with Crippen LogP contribution in [0.5, 0.6) is 11.5 Å². The molecule has 0 aromatic heterocycles. The summed E-state index contributed by atoms with van der Waals surface area (Å²) in [5.41, 5.74) is 1.39. The molecule has 0 amide bonds. The fourth-order valence-electron chi connectivity index (χ4n) is 2.63. The molecule has 0 bridgehead atoms. The first-order chi connectivity index (χ1) is 11.3. The average Bonchev–Trinajstić information content (AvgIpc) is 2.62. The van der Waals surface area contributed by atoms with Crippen molar-refractivity contribution >= 4 is 0 Å². The molecule has 1 atom stereocenters. The van der Waals surface area contributed by atoms with Crippen LogP contribution in [0.1, 0.15) is 17.2 Å². The number of ether oxygens (including phenoxy) is 3. The summed E-state index contributed by atoms with van der Waals surface area (Å²) in [5.74, 6) is 0.260. The van der Waals surface area contributed by atoms with Gasteiger partial charge in [0.25, 0.3) is 0 Å². The van der Waals surface area contributed by atoms with Crippen molar-refractivity contribution < 1.29 is 18.6 Å². The van der Waals surface area contributed by atoms with Gasteiger partial charge in [-0.1, -0.05) is 30.3 Å². The SMILES string of the molecule is COc1ccc(OCc2ccccc2)c(F)c1C1CNCCO1. The van der Waals surface area contributed by atoms with Crippen molar-refractivity contribution in [3.63, 3.8) is 0 Å². The molecule has 2 aromatic rings. The van der Waals surface area contributed by atoms with E-state index in [0.29, 0.717) is 31.1 Å². The highest BCUT2D eigenvalue weighted by molar-refractivity contribution is 5.44. The molecule has 1 fully saturated rings. The van der Waals surface area contributed by atoms with Gasteiger partial charge in [0.1, 0.15) is 18.5 Å². The van der Waals surface area contributed by atoms with E-state index in [4.69, 9.17) is 14.2 Å². The van der Waals surface area contributed by atoms with Crippen molar-refractivity contribution in [2.24, 2.45) is 0 Å². The fourth-order valence-corrected chi connectivity index (χ4v) is 2.63. The molecule has 1 aliphatic heterocycles. The molecule has 0 radical (unpaired) electrons. The van der Waals surface area contributed by atoms with E-state index in [1.165, 1.54) is 7.11 Å². The number of rotatable bonds is 5. The Morgan fingerprint density at radius 3 is 2.65 bits per heavy atom. The lowest BCUT2D eigenvalue weighted by molar-refractivity contribution is 0.0236. The lowest BCUT2D eigenvalue weighted by Gasteiger charge is -2.26. The number of halogens is 1. The van der Waals surface area contributed by atoms with Crippen molar-refractivity contribution in [1.29, 1.82) is 0 Å². The number of hydrogen-bond acceptors (Lipinski definition) is 4. The van der Waals surface area contributed by atoms with Crippen molar-refractivity contribution in [2.75, 3.05) is 26.8 Å². The van der Waals surface area contributed by atoms with E-state index in [2.05, 4.69) is 5.32 Å². The van der Waals surface area contributed by atoms with Gasteiger partial charge in [-0.25, -0.2) is 4.39 Å². The van der Waals surface area contributed by atoms with Crippen LogP contribution in [-0.2, 0) is 11.3 Å². The summed E-state index contributed by atoms with van der Waals surface area (Å²) in [4.78, 5) is 0. The first-order valence-corrected chi connectivity index (χ1v) is 7.65. The summed E-state index contributed by atoms with van der Waals surface area (Å²) in [6, 6.07) is 13.0. The third-order valence-electron chi connectivity index (χ3n) is 3.81. The van der Waals surface area contributed by atoms with Crippen LogP contribution in [-0.4, -0.2) is 26.8 Å². The van der Waals surface area contributed by atoms with Gasteiger partial charge in [-0.15, -0.1) is 0 Å². The third-order valence-corrected chi connectivity index (χ3v) is 3.81. The summed E-state index contributed by atoms with van der Waals surface area (Å²) in [6.07, 6.45) is -0.376. The van der Waals surface area contributed by atoms with Crippen molar-refractivity contribution in [1.82, 2.24) is 5.32 Å². The molecule has 0 spiro atoms. The maximum atomic E-state index is 14.9. The smallest absolute Gasteiger partial charge is 0.174 e. The Hall–Kier alpha value is -2.11. The zero-order chi connectivity index (χ0) is 16.1. The number of hydrogen-bond donors (Lipinski definition) is 1. The van der Waals surface area contributed by atoms with E-state index in [-0.39, 0.29) is 11.9 Å². The predicted octanol–water partition coefficient (Wildman–Crippen LogP) is 3.07. The second-order valence-corrected chi connectivity index (χ2v) is 5.33. The summed E-state index contributed by atoms with van der Waals surface area (Å²) in [7, 11) is 1.53. The standard InChI is InChI=1S/C18H20FNO3/c1-21-14-7-8-15(23-12-13-5-3-2-4-6-13)18(19)17(14)16-11-20-9-10-22-16/h2-8,16,20H,9-12H2,1H3. The topological polar surface area (TPSA) is 39.7 Å². The first-order valence-electron chi connectivity index (χ1n) is 7.65. The predicted molar refractivity (Wildman–Crippen MR) is 85.3 cm³/mol. The minimum absolute atomic E-state index is 0.207. The second-order valence-electron chi connectivity index (χ2n) is 5.33. The molecule has 2 aromatic carbocycles. The minimum Gasteiger partial charge on any atom is -0.496 e. The van der Waals surface area contributed by atoms with E-state index in [0.717, 1.165) is 12.1 Å². The van der Waals surface area contributed by atoms with Gasteiger partial charge < -0.3 is 19.5 Å². The molecule has 4 nitrogen and oxygen atoms in total. The van der Waals surface area contributed by atoms with Gasteiger partial charge in [-0.3, -0.25) is 0 Å². The first kappa shape index (κ1) is 15.8. The Labute approximate surface area is 135 Å². The highest BCUT2D eigenvalue weighted by Crippen LogP contribution is 2.36. The van der Waals surface area contributed by atoms with Crippen LogP contribution in [0.2, 0.25) is 0 Å². The maximum absolute atomic E-state index is 14.9. The number of morpholine rings is 1. The lowest BCUT2D eigenvalue weighted by atomic mass is 10.1. The summed E-state index contributed by atoms with van der Waals surface area (Å²) >= 11 is 0. The molecule has 23 heavy (non-hydrogen) atoms. The van der Waals surface area contributed by atoms with Crippen molar-refractivity contribution in [3.8, 4) is 11.5 Å². The fraction of sp³-hybridized carbons (Fsp3) is 0.333. The molecule has 3 rings (SSSR count). The van der Waals surface area contributed by atoms with Gasteiger partial charge in [0.15, 0.2) is 11.6 Å². The molecule has 1 N–H and O–H groups in total. The Morgan fingerprint density at radius 1 is 1.17 bits per heavy atom. The Morgan fingerprint density at radius 2 is 1.96 bits per heavy atom. The largest absolute Gasteiger partial charge is 0.496 e. The summed E-state index contributed by atoms with van der Waals surface area (Å²) in [5, 5.41) is 3.20. The van der Waals surface area contributed by atoms with Crippen LogP contribution in [0, 0.1) is 5.82 Å². The highest BCUT2D eigenvalue weighted by Gasteiger charge is 2.26. The third kappa shape index (κ3) is 3.63. The number of nitrogens with one attached hydrogen (secondary N) is 1. The zero-order valence-corrected chi connectivity index (χ0v) is 13.0. The number of methoxy groups -OCH3 is 1. The summed E-state index contributed by atoms with van der Waals surface area (Å²) < 4.78 is 31.5. The Bertz CT molecular complexity index is 642. The summed E-state index contributed by atoms with van der Waals surface area (Å²) in [6.45, 7) is 2.18. The van der Waals surface area contributed by atoms with Crippen molar-refractivity contribution in [2.45, 2.75) is 12.7 Å². The van der Waals surface area contributed by atoms with Crippen LogP contribution in [0.25, 0.3) is 0 Å². The molecule has 1 unspecified atom stereocenters. The molecule has 0 saturated carbocycles. The Kier molecular flexibility index (Phi) is 5.10. The van der Waals surface area contributed by atoms with E-state index in [1.807, 2.05) is 30.3 Å². The van der Waals surface area contributed by atoms with Gasteiger partial charge in [0.05, 0.1) is 19.3 Å². The molecule has 5 heteroatoms. The average molecular weight is 317 g/mol. The minimum atomic E-state index is -0.422. The van der Waals surface area contributed by atoms with Gasteiger partial charge in [-0.2, -0.15) is 0 Å². The molecule has 1 saturated heterocycles. The molecular formula is C18H20FNO3. The molecule has 0 aliphatic carbocycles. The normalized spacial score (nSPS) is 17.7. The van der Waals surface area contributed by atoms with Gasteiger partial charge in [0.2, 0.25) is 0 Å². The van der Waals surface area contributed by atoms with Crippen LogP contribution < -0.4 is 14.8 Å². The van der Waals surface area contributed by atoms with Crippen LogP contribution in [0.15, 0.2) is 42.5 Å². The zero-order valence-electron chi connectivity index (χ0n) is 13.0. The van der Waals surface area contributed by atoms with E-state index < -0.39 is 5.82 Å². The van der Waals surface area contributed by atoms with E-state index in [9.17, 15) is 4.39 Å². The number of benzene rings is 2. The lowest BCUT2D eigenvalue weighted by Crippen LogP contribution is -2.34. The quantitative estimate of drug-likeness (QED) is 0.920. The van der Waals surface area contributed by atoms with Crippen LogP contribution in [0.4, 0.5) is 4.39 Å². The van der Waals surface area contributed by atoms with Crippen LogP contribution >= 0.6 is 0 Å². The molecule has 122 valence electrons. The van der Waals surface area contributed by atoms with E-state index >= 15 is 0 Å². The highest BCUT2D eigenvalue weighted by atomic mass is 19.1.